The third-order valence-corrected chi connectivity index (χ3v) is 6.62. The van der Waals surface area contributed by atoms with Crippen molar-refractivity contribution < 1.29 is 19.1 Å². The van der Waals surface area contributed by atoms with Crippen LogP contribution in [0.5, 0.6) is 11.5 Å². The number of esters is 1. The number of anilines is 1. The molecule has 1 aliphatic heterocycles. The first-order valence-corrected chi connectivity index (χ1v) is 9.86. The van der Waals surface area contributed by atoms with E-state index < -0.39 is 0 Å². The number of rotatable bonds is 4. The van der Waals surface area contributed by atoms with Crippen LogP contribution in [0, 0.1) is 37.5 Å². The van der Waals surface area contributed by atoms with E-state index in [1.807, 2.05) is 42.5 Å². The Morgan fingerprint density at radius 2 is 1.79 bits per heavy atom. The van der Waals surface area contributed by atoms with Crippen molar-refractivity contribution in [2.75, 3.05) is 5.32 Å². The molecule has 1 amide bonds. The second kappa shape index (κ2) is 6.36. The van der Waals surface area contributed by atoms with Gasteiger partial charge in [0.1, 0.15) is 17.6 Å². The molecule has 1 saturated heterocycles. The predicted octanol–water partition coefficient (Wildman–Crippen LogP) is 4.23. The molecular weight excluding hydrogens is 354 g/mol. The number of carbonyl (C=O) groups is 2. The molecule has 0 radical (unpaired) electrons. The molecule has 0 unspecified atom stereocenters. The molecule has 0 spiro atoms. The first kappa shape index (κ1) is 17.3. The zero-order valence-electron chi connectivity index (χ0n) is 16.0. The van der Waals surface area contributed by atoms with Gasteiger partial charge in [0.15, 0.2) is 0 Å². The summed E-state index contributed by atoms with van der Waals surface area (Å²) in [6.45, 7) is 4.12. The van der Waals surface area contributed by atoms with Gasteiger partial charge in [-0.05, 0) is 80.1 Å². The van der Waals surface area contributed by atoms with E-state index in [4.69, 9.17) is 9.47 Å². The Morgan fingerprint density at radius 3 is 2.54 bits per heavy atom. The summed E-state index contributed by atoms with van der Waals surface area (Å²) >= 11 is 0. The zero-order chi connectivity index (χ0) is 19.4. The van der Waals surface area contributed by atoms with Crippen molar-refractivity contribution in [2.24, 2.45) is 23.7 Å². The minimum Gasteiger partial charge on any atom is -0.462 e. The fraction of sp³-hybridized carbons (Fsp3) is 0.391. The topological polar surface area (TPSA) is 64.6 Å². The lowest BCUT2D eigenvalue weighted by Crippen LogP contribution is -2.35. The molecule has 2 bridgehead atoms. The van der Waals surface area contributed by atoms with Gasteiger partial charge in [0.05, 0.1) is 11.8 Å². The van der Waals surface area contributed by atoms with Crippen LogP contribution in [0.2, 0.25) is 0 Å². The molecule has 2 aromatic rings. The van der Waals surface area contributed by atoms with Crippen LogP contribution in [0.15, 0.2) is 42.5 Å². The number of carbonyl (C=O) groups excluding carboxylic acids is 2. The Morgan fingerprint density at radius 1 is 1.04 bits per heavy atom. The Labute approximate surface area is 164 Å². The molecule has 1 heterocycles. The number of ether oxygens (including phenoxy) is 2. The van der Waals surface area contributed by atoms with Gasteiger partial charge in [0, 0.05) is 11.6 Å². The maximum absolute atomic E-state index is 12.8. The summed E-state index contributed by atoms with van der Waals surface area (Å²) in [5.74, 6) is 1.23. The molecule has 5 nitrogen and oxygen atoms in total. The number of amides is 1. The fourth-order valence-corrected chi connectivity index (χ4v) is 5.11. The second-order valence-corrected chi connectivity index (χ2v) is 8.28. The predicted molar refractivity (Wildman–Crippen MR) is 104 cm³/mol. The maximum atomic E-state index is 12.8. The molecule has 3 fully saturated rings. The van der Waals surface area contributed by atoms with E-state index >= 15 is 0 Å². The molecule has 1 N–H and O–H groups in total. The van der Waals surface area contributed by atoms with Crippen LogP contribution in [0.4, 0.5) is 5.69 Å². The lowest BCUT2D eigenvalue weighted by Gasteiger charge is -2.23. The number of hydrogen-bond acceptors (Lipinski definition) is 4. The average molecular weight is 377 g/mol. The van der Waals surface area contributed by atoms with Crippen LogP contribution in [0.25, 0.3) is 0 Å². The van der Waals surface area contributed by atoms with E-state index in [1.54, 1.807) is 0 Å². The average Bonchev–Trinajstić information content (AvgIpc) is 3.29. The third-order valence-electron chi connectivity index (χ3n) is 6.62. The van der Waals surface area contributed by atoms with Crippen molar-refractivity contribution in [3.8, 4) is 11.5 Å². The summed E-state index contributed by atoms with van der Waals surface area (Å²) in [6, 6.07) is 13.3. The molecule has 5 rings (SSSR count). The Kier molecular flexibility index (Phi) is 3.93. The van der Waals surface area contributed by atoms with Crippen molar-refractivity contribution in [2.45, 2.75) is 32.8 Å². The van der Waals surface area contributed by atoms with Gasteiger partial charge in [-0.2, -0.15) is 0 Å². The van der Waals surface area contributed by atoms with Gasteiger partial charge in [-0.15, -0.1) is 0 Å². The first-order valence-electron chi connectivity index (χ1n) is 9.86. The molecule has 2 saturated carbocycles. The fourth-order valence-electron chi connectivity index (χ4n) is 5.11. The first-order chi connectivity index (χ1) is 13.5. The van der Waals surface area contributed by atoms with Crippen molar-refractivity contribution in [3.05, 3.63) is 53.6 Å². The van der Waals surface area contributed by atoms with E-state index in [9.17, 15) is 9.59 Å². The van der Waals surface area contributed by atoms with Crippen LogP contribution in [-0.4, -0.2) is 18.0 Å². The summed E-state index contributed by atoms with van der Waals surface area (Å²) in [6.07, 6.45) is 1.81. The normalized spacial score (nSPS) is 29.6. The maximum Gasteiger partial charge on any atom is 0.310 e. The van der Waals surface area contributed by atoms with Gasteiger partial charge < -0.3 is 14.8 Å². The lowest BCUT2D eigenvalue weighted by molar-refractivity contribution is -0.145. The summed E-state index contributed by atoms with van der Waals surface area (Å²) < 4.78 is 11.3. The van der Waals surface area contributed by atoms with E-state index in [2.05, 4.69) is 19.2 Å². The molecule has 2 aromatic carbocycles. The highest BCUT2D eigenvalue weighted by molar-refractivity contribution is 5.97. The van der Waals surface area contributed by atoms with Crippen molar-refractivity contribution in [1.82, 2.24) is 0 Å². The van der Waals surface area contributed by atoms with Crippen molar-refractivity contribution in [1.29, 1.82) is 0 Å². The lowest BCUT2D eigenvalue weighted by atomic mass is 9.79. The number of benzene rings is 2. The third kappa shape index (κ3) is 2.77. The van der Waals surface area contributed by atoms with Gasteiger partial charge in [-0.1, -0.05) is 6.07 Å². The molecular formula is C23H23NO4. The van der Waals surface area contributed by atoms with E-state index in [-0.39, 0.29) is 41.7 Å². The summed E-state index contributed by atoms with van der Waals surface area (Å²) in [7, 11) is 0. The Balaban J connectivity index is 1.26. The molecule has 2 aliphatic carbocycles. The minimum atomic E-state index is -0.261. The molecule has 0 aromatic heterocycles. The smallest absolute Gasteiger partial charge is 0.310 e. The summed E-state index contributed by atoms with van der Waals surface area (Å²) in [5.41, 5.74) is 3.12. The van der Waals surface area contributed by atoms with Crippen molar-refractivity contribution in [3.63, 3.8) is 0 Å². The van der Waals surface area contributed by atoms with Crippen molar-refractivity contribution >= 4 is 17.6 Å². The highest BCUT2D eigenvalue weighted by atomic mass is 16.6. The van der Waals surface area contributed by atoms with Crippen LogP contribution >= 0.6 is 0 Å². The highest BCUT2D eigenvalue weighted by Gasteiger charge is 2.63. The van der Waals surface area contributed by atoms with Gasteiger partial charge in [-0.3, -0.25) is 9.59 Å². The van der Waals surface area contributed by atoms with Crippen LogP contribution in [0.1, 0.15) is 24.0 Å². The summed E-state index contributed by atoms with van der Waals surface area (Å²) in [5, 5.41) is 2.98. The second-order valence-electron chi connectivity index (χ2n) is 8.28. The monoisotopic (exact) mass is 377 g/mol. The molecule has 28 heavy (non-hydrogen) atoms. The van der Waals surface area contributed by atoms with Crippen LogP contribution in [-0.2, 0) is 14.3 Å². The van der Waals surface area contributed by atoms with Crippen LogP contribution in [0.3, 0.4) is 0 Å². The molecule has 5 atom stereocenters. The Bertz CT molecular complexity index is 950. The van der Waals surface area contributed by atoms with Gasteiger partial charge in [0.25, 0.3) is 0 Å². The van der Waals surface area contributed by atoms with E-state index in [0.29, 0.717) is 11.4 Å². The van der Waals surface area contributed by atoms with E-state index in [1.165, 1.54) is 11.1 Å². The Hall–Kier alpha value is -2.82. The largest absolute Gasteiger partial charge is 0.462 e. The van der Waals surface area contributed by atoms with Gasteiger partial charge in [-0.25, -0.2) is 0 Å². The van der Waals surface area contributed by atoms with Gasteiger partial charge >= 0.3 is 5.97 Å². The van der Waals surface area contributed by atoms with Gasteiger partial charge in [0.2, 0.25) is 5.91 Å². The molecule has 3 aliphatic rings. The van der Waals surface area contributed by atoms with Crippen LogP contribution < -0.4 is 10.1 Å². The number of fused-ring (bicyclic) bond motifs is 1. The quantitative estimate of drug-likeness (QED) is 0.810. The minimum absolute atomic E-state index is 0.0494. The molecule has 144 valence electrons. The van der Waals surface area contributed by atoms with E-state index in [0.717, 1.165) is 18.6 Å². The number of hydrogen-bond donors (Lipinski definition) is 1. The number of aryl methyl sites for hydroxylation is 2. The highest BCUT2D eigenvalue weighted by Crippen LogP contribution is 2.57. The summed E-state index contributed by atoms with van der Waals surface area (Å²) in [4.78, 5) is 24.9. The number of nitrogens with one attached hydrogen (secondary N) is 1. The molecule has 5 heteroatoms. The standard InChI is InChI=1S/C23H23NO4/c1-12-3-6-17(9-13(12)2)27-16-7-4-15(5-8-16)24-22(25)20-14-10-18-19(11-14)28-23(26)21(18)20/h3-9,14,18-21H,10-11H2,1-2H3,(H,24,25)/t14-,18-,19-,20+,21+/m1/s1. The SMILES string of the molecule is Cc1ccc(Oc2ccc(NC(=O)[C@H]3[C@@H]4C[C@H]5[C@@H]3C(=O)O[C@@H]5C4)cc2)cc1C. The zero-order valence-corrected chi connectivity index (χ0v) is 16.0.